The molecule has 124 valence electrons. The molecule has 0 aromatic heterocycles. The van der Waals surface area contributed by atoms with Gasteiger partial charge in [0.1, 0.15) is 0 Å². The molecule has 3 rings (SSSR count). The molecule has 0 atom stereocenters. The molecule has 2 aliphatic rings. The number of nitrogens with zero attached hydrogens (tertiary/aromatic N) is 1. The zero-order valence-corrected chi connectivity index (χ0v) is 13.1. The van der Waals surface area contributed by atoms with Gasteiger partial charge in [-0.25, -0.2) is 9.59 Å². The van der Waals surface area contributed by atoms with Gasteiger partial charge < -0.3 is 20.1 Å². The third-order valence-electron chi connectivity index (χ3n) is 4.70. The minimum absolute atomic E-state index is 0.0816. The Bertz CT molecular complexity index is 579. The zero-order chi connectivity index (χ0) is 16.3. The van der Waals surface area contributed by atoms with Gasteiger partial charge in [-0.2, -0.15) is 0 Å². The normalized spacial score (nSPS) is 19.7. The Labute approximate surface area is 135 Å². The van der Waals surface area contributed by atoms with Crippen LogP contribution >= 0.6 is 0 Å². The SMILES string of the molecule is O=C(O)c1ccc(CNC(=O)N2CCOC3(CCCC3)C2)cc1. The van der Waals surface area contributed by atoms with E-state index in [0.29, 0.717) is 26.2 Å². The van der Waals surface area contributed by atoms with Crippen molar-refractivity contribution in [3.63, 3.8) is 0 Å². The van der Waals surface area contributed by atoms with Gasteiger partial charge in [0.15, 0.2) is 0 Å². The predicted molar refractivity (Wildman–Crippen MR) is 84.4 cm³/mol. The van der Waals surface area contributed by atoms with Gasteiger partial charge in [0.2, 0.25) is 0 Å². The summed E-state index contributed by atoms with van der Waals surface area (Å²) >= 11 is 0. The molecule has 1 aliphatic carbocycles. The summed E-state index contributed by atoms with van der Waals surface area (Å²) < 4.78 is 5.93. The molecule has 23 heavy (non-hydrogen) atoms. The fourth-order valence-corrected chi connectivity index (χ4v) is 3.39. The Balaban J connectivity index is 1.53. The highest BCUT2D eigenvalue weighted by molar-refractivity contribution is 5.87. The predicted octanol–water partition coefficient (Wildman–Crippen LogP) is 2.24. The highest BCUT2D eigenvalue weighted by Gasteiger charge is 2.40. The first kappa shape index (κ1) is 15.8. The van der Waals surface area contributed by atoms with Crippen molar-refractivity contribution in [1.29, 1.82) is 0 Å². The fraction of sp³-hybridized carbons (Fsp3) is 0.529. The Morgan fingerprint density at radius 3 is 2.57 bits per heavy atom. The highest BCUT2D eigenvalue weighted by Crippen LogP contribution is 2.35. The molecule has 0 radical (unpaired) electrons. The third-order valence-corrected chi connectivity index (χ3v) is 4.70. The van der Waals surface area contributed by atoms with Crippen LogP contribution in [0.25, 0.3) is 0 Å². The minimum atomic E-state index is -0.948. The van der Waals surface area contributed by atoms with Crippen LogP contribution in [0.15, 0.2) is 24.3 Å². The number of aromatic carboxylic acids is 1. The molecule has 1 aliphatic heterocycles. The summed E-state index contributed by atoms with van der Waals surface area (Å²) in [6.07, 6.45) is 4.41. The van der Waals surface area contributed by atoms with Gasteiger partial charge in [-0.3, -0.25) is 0 Å². The fourth-order valence-electron chi connectivity index (χ4n) is 3.39. The summed E-state index contributed by atoms with van der Waals surface area (Å²) in [5, 5.41) is 11.8. The van der Waals surface area contributed by atoms with Crippen LogP contribution in [0, 0.1) is 0 Å². The van der Waals surface area contributed by atoms with Crippen LogP contribution in [0.5, 0.6) is 0 Å². The molecule has 0 bridgehead atoms. The van der Waals surface area contributed by atoms with Gasteiger partial charge >= 0.3 is 12.0 Å². The Kier molecular flexibility index (Phi) is 4.52. The molecular formula is C17H22N2O4. The molecule has 1 aromatic rings. The maximum atomic E-state index is 12.4. The summed E-state index contributed by atoms with van der Waals surface area (Å²) in [6.45, 7) is 2.27. The summed E-state index contributed by atoms with van der Waals surface area (Å²) in [4.78, 5) is 25.0. The minimum Gasteiger partial charge on any atom is -0.478 e. The number of carboxylic acid groups (broad SMARTS) is 1. The van der Waals surface area contributed by atoms with Gasteiger partial charge in [-0.05, 0) is 30.5 Å². The molecule has 1 heterocycles. The highest BCUT2D eigenvalue weighted by atomic mass is 16.5. The van der Waals surface area contributed by atoms with Crippen molar-refractivity contribution < 1.29 is 19.4 Å². The van der Waals surface area contributed by atoms with Crippen LogP contribution in [-0.2, 0) is 11.3 Å². The Hall–Kier alpha value is -2.08. The Morgan fingerprint density at radius 1 is 1.22 bits per heavy atom. The number of carbonyl (C=O) groups excluding carboxylic acids is 1. The van der Waals surface area contributed by atoms with Crippen molar-refractivity contribution >= 4 is 12.0 Å². The second kappa shape index (κ2) is 6.58. The number of hydrogen-bond donors (Lipinski definition) is 2. The van der Waals surface area contributed by atoms with Gasteiger partial charge in [0.25, 0.3) is 0 Å². The van der Waals surface area contributed by atoms with Crippen LogP contribution in [0.2, 0.25) is 0 Å². The lowest BCUT2D eigenvalue weighted by atomic mass is 10.00. The van der Waals surface area contributed by atoms with E-state index >= 15 is 0 Å². The van der Waals surface area contributed by atoms with E-state index in [1.165, 1.54) is 12.8 Å². The van der Waals surface area contributed by atoms with E-state index in [0.717, 1.165) is 18.4 Å². The molecule has 0 unspecified atom stereocenters. The zero-order valence-electron chi connectivity index (χ0n) is 13.1. The number of nitrogens with one attached hydrogen (secondary N) is 1. The lowest BCUT2D eigenvalue weighted by Crippen LogP contribution is -2.54. The summed E-state index contributed by atoms with van der Waals surface area (Å²) in [5.41, 5.74) is 1.00. The largest absolute Gasteiger partial charge is 0.478 e. The van der Waals surface area contributed by atoms with Crippen LogP contribution in [0.3, 0.4) is 0 Å². The van der Waals surface area contributed by atoms with Crippen molar-refractivity contribution in [2.75, 3.05) is 19.7 Å². The van der Waals surface area contributed by atoms with Crippen molar-refractivity contribution in [2.45, 2.75) is 37.8 Å². The van der Waals surface area contributed by atoms with Crippen molar-refractivity contribution in [3.05, 3.63) is 35.4 Å². The molecule has 1 saturated carbocycles. The van der Waals surface area contributed by atoms with Crippen LogP contribution in [0.1, 0.15) is 41.6 Å². The number of amides is 2. The van der Waals surface area contributed by atoms with E-state index in [4.69, 9.17) is 9.84 Å². The smallest absolute Gasteiger partial charge is 0.335 e. The first-order valence-corrected chi connectivity index (χ1v) is 8.07. The van der Waals surface area contributed by atoms with E-state index in [-0.39, 0.29) is 17.2 Å². The molecular weight excluding hydrogens is 296 g/mol. The number of carbonyl (C=O) groups is 2. The van der Waals surface area contributed by atoms with Crippen LogP contribution in [-0.4, -0.2) is 47.3 Å². The number of urea groups is 1. The number of carboxylic acids is 1. The number of morpholine rings is 1. The number of rotatable bonds is 3. The molecule has 2 N–H and O–H groups in total. The van der Waals surface area contributed by atoms with Crippen LogP contribution < -0.4 is 5.32 Å². The van der Waals surface area contributed by atoms with Crippen LogP contribution in [0.4, 0.5) is 4.79 Å². The summed E-state index contributed by atoms with van der Waals surface area (Å²) in [7, 11) is 0. The molecule has 2 amide bonds. The lowest BCUT2D eigenvalue weighted by Gasteiger charge is -2.40. The quantitative estimate of drug-likeness (QED) is 0.896. The number of hydrogen-bond acceptors (Lipinski definition) is 3. The van der Waals surface area contributed by atoms with E-state index in [9.17, 15) is 9.59 Å². The maximum Gasteiger partial charge on any atom is 0.335 e. The van der Waals surface area contributed by atoms with Gasteiger partial charge in [0, 0.05) is 13.1 Å². The second-order valence-electron chi connectivity index (χ2n) is 6.32. The molecule has 6 heteroatoms. The molecule has 1 spiro atoms. The molecule has 2 fully saturated rings. The average Bonchev–Trinajstić information content (AvgIpc) is 3.00. The molecule has 6 nitrogen and oxygen atoms in total. The maximum absolute atomic E-state index is 12.4. The van der Waals surface area contributed by atoms with E-state index < -0.39 is 5.97 Å². The number of ether oxygens (including phenoxy) is 1. The van der Waals surface area contributed by atoms with Crippen molar-refractivity contribution in [1.82, 2.24) is 10.2 Å². The third kappa shape index (κ3) is 3.64. The average molecular weight is 318 g/mol. The summed E-state index contributed by atoms with van der Waals surface area (Å²) in [6, 6.07) is 6.46. The van der Waals surface area contributed by atoms with Gasteiger partial charge in [-0.15, -0.1) is 0 Å². The lowest BCUT2D eigenvalue weighted by molar-refractivity contribution is -0.0925. The Morgan fingerprint density at radius 2 is 1.91 bits per heavy atom. The first-order chi connectivity index (χ1) is 11.1. The van der Waals surface area contributed by atoms with E-state index in [1.807, 2.05) is 4.90 Å². The molecule has 1 saturated heterocycles. The van der Waals surface area contributed by atoms with Gasteiger partial charge in [0.05, 0.1) is 24.3 Å². The second-order valence-corrected chi connectivity index (χ2v) is 6.32. The van der Waals surface area contributed by atoms with E-state index in [1.54, 1.807) is 24.3 Å². The molecule has 1 aromatic carbocycles. The summed E-state index contributed by atoms with van der Waals surface area (Å²) in [5.74, 6) is -0.948. The first-order valence-electron chi connectivity index (χ1n) is 8.07. The van der Waals surface area contributed by atoms with Crippen molar-refractivity contribution in [3.8, 4) is 0 Å². The monoisotopic (exact) mass is 318 g/mol. The van der Waals surface area contributed by atoms with Crippen molar-refractivity contribution in [2.24, 2.45) is 0 Å². The van der Waals surface area contributed by atoms with E-state index in [2.05, 4.69) is 5.32 Å². The standard InChI is InChI=1S/C17H22N2O4/c20-15(21)14-5-3-13(4-6-14)11-18-16(22)19-9-10-23-17(12-19)7-1-2-8-17/h3-6H,1-2,7-12H2,(H,18,22)(H,20,21). The topological polar surface area (TPSA) is 78.9 Å². The number of benzene rings is 1. The van der Waals surface area contributed by atoms with Gasteiger partial charge in [-0.1, -0.05) is 25.0 Å².